The van der Waals surface area contributed by atoms with Crippen LogP contribution in [0.3, 0.4) is 0 Å². The van der Waals surface area contributed by atoms with Crippen LogP contribution in [0.1, 0.15) is 13.2 Å². The zero-order valence-electron chi connectivity index (χ0n) is 15.5. The zero-order valence-corrected chi connectivity index (χ0v) is 16.4. The average Bonchev–Trinajstić information content (AvgIpc) is 2.70. The van der Waals surface area contributed by atoms with Crippen molar-refractivity contribution in [3.05, 3.63) is 96.7 Å². The SMILES string of the molecule is Nc1ccccc1.O.O.O=C(Nc1ccc(S)cc1)c1ccc2ncccc2c1.[HH].[HH]. The number of nitrogens with one attached hydrogen (secondary N) is 1. The van der Waals surface area contributed by atoms with Gasteiger partial charge in [0.25, 0.3) is 5.91 Å². The lowest BCUT2D eigenvalue weighted by Gasteiger charge is -2.06. The first-order valence-corrected chi connectivity index (χ1v) is 8.82. The predicted octanol–water partition coefficient (Wildman–Crippen LogP) is 3.89. The van der Waals surface area contributed by atoms with E-state index >= 15 is 0 Å². The van der Waals surface area contributed by atoms with E-state index in [0.717, 1.165) is 27.2 Å². The number of anilines is 2. The van der Waals surface area contributed by atoms with Crippen molar-refractivity contribution in [3.63, 3.8) is 0 Å². The molecule has 4 rings (SSSR count). The van der Waals surface area contributed by atoms with Gasteiger partial charge in [-0.05, 0) is 60.7 Å². The Labute approximate surface area is 177 Å². The summed E-state index contributed by atoms with van der Waals surface area (Å²) in [5.41, 5.74) is 8.42. The Hall–Kier alpha value is -3.39. The Balaban J connectivity index is 0. The summed E-state index contributed by atoms with van der Waals surface area (Å²) >= 11 is 4.21. The van der Waals surface area contributed by atoms with Crippen LogP contribution in [-0.4, -0.2) is 21.8 Å². The third-order valence-electron chi connectivity index (χ3n) is 3.79. The first-order chi connectivity index (χ1) is 13.1. The van der Waals surface area contributed by atoms with Crippen LogP contribution in [0.5, 0.6) is 0 Å². The molecule has 1 aromatic heterocycles. The number of hydrogen-bond donors (Lipinski definition) is 3. The smallest absolute Gasteiger partial charge is 0.255 e. The largest absolute Gasteiger partial charge is 0.412 e. The van der Waals surface area contributed by atoms with Crippen LogP contribution < -0.4 is 11.1 Å². The van der Waals surface area contributed by atoms with Crippen LogP contribution in [0.4, 0.5) is 11.4 Å². The number of nitrogens with zero attached hydrogens (tertiary/aromatic N) is 1. The van der Waals surface area contributed by atoms with Crippen molar-refractivity contribution in [2.24, 2.45) is 0 Å². The molecule has 1 heterocycles. The molecule has 0 radical (unpaired) electrons. The number of aromatic nitrogens is 1. The molecule has 0 bridgehead atoms. The molecule has 29 heavy (non-hydrogen) atoms. The fraction of sp³-hybridized carbons (Fsp3) is 0. The van der Waals surface area contributed by atoms with E-state index in [0.29, 0.717) is 5.56 Å². The maximum atomic E-state index is 12.2. The molecule has 0 spiro atoms. The van der Waals surface area contributed by atoms with E-state index in [4.69, 9.17) is 5.73 Å². The summed E-state index contributed by atoms with van der Waals surface area (Å²) in [5.74, 6) is -0.136. The second-order valence-electron chi connectivity index (χ2n) is 5.82. The van der Waals surface area contributed by atoms with E-state index in [1.54, 1.807) is 12.3 Å². The fourth-order valence-corrected chi connectivity index (χ4v) is 2.57. The second-order valence-corrected chi connectivity index (χ2v) is 6.34. The fourth-order valence-electron chi connectivity index (χ4n) is 2.42. The maximum absolute atomic E-state index is 12.2. The van der Waals surface area contributed by atoms with Crippen molar-refractivity contribution in [2.45, 2.75) is 4.90 Å². The van der Waals surface area contributed by atoms with Crippen molar-refractivity contribution in [2.75, 3.05) is 11.1 Å². The summed E-state index contributed by atoms with van der Waals surface area (Å²) in [5, 5.41) is 3.81. The first kappa shape index (κ1) is 23.6. The van der Waals surface area contributed by atoms with E-state index < -0.39 is 0 Å². The van der Waals surface area contributed by atoms with Crippen LogP contribution in [-0.2, 0) is 0 Å². The molecule has 0 atom stereocenters. The van der Waals surface area contributed by atoms with E-state index in [-0.39, 0.29) is 19.7 Å². The highest BCUT2D eigenvalue weighted by atomic mass is 32.1. The molecule has 0 aliphatic rings. The zero-order chi connectivity index (χ0) is 19.1. The minimum Gasteiger partial charge on any atom is -0.412 e. The van der Waals surface area contributed by atoms with Gasteiger partial charge in [0, 0.05) is 36.3 Å². The Morgan fingerprint density at radius 1 is 0.897 bits per heavy atom. The number of pyridine rings is 1. The van der Waals surface area contributed by atoms with Gasteiger partial charge >= 0.3 is 0 Å². The standard InChI is InChI=1S/C16H12N2OS.C6H7N.2H2O.2H2/c19-16(18-13-4-6-14(20)7-5-13)12-3-8-15-11(10-12)2-1-9-17-15;7-6-4-2-1-3-5-6;;;;/h1-10,20H,(H,18,19);1-5H,7H2;2*1H2;2*1H. The van der Waals surface area contributed by atoms with Gasteiger partial charge in [-0.3, -0.25) is 9.78 Å². The summed E-state index contributed by atoms with van der Waals surface area (Å²) in [7, 11) is 0. The van der Waals surface area contributed by atoms with Crippen molar-refractivity contribution in [3.8, 4) is 0 Å². The molecule has 4 aromatic rings. The van der Waals surface area contributed by atoms with Crippen LogP contribution in [0.15, 0.2) is 96.0 Å². The van der Waals surface area contributed by atoms with Gasteiger partial charge in [0.05, 0.1) is 5.52 Å². The highest BCUT2D eigenvalue weighted by Gasteiger charge is 2.07. The third kappa shape index (κ3) is 6.93. The molecule has 0 aliphatic heterocycles. The molecule has 6 nitrogen and oxygen atoms in total. The van der Waals surface area contributed by atoms with Gasteiger partial charge in [-0.2, -0.15) is 0 Å². The molecule has 0 fully saturated rings. The lowest BCUT2D eigenvalue weighted by Crippen LogP contribution is -2.11. The lowest BCUT2D eigenvalue weighted by atomic mass is 10.1. The molecule has 7 N–H and O–H groups in total. The van der Waals surface area contributed by atoms with E-state index in [2.05, 4.69) is 22.9 Å². The number of benzene rings is 3. The van der Waals surface area contributed by atoms with Gasteiger partial charge in [-0.15, -0.1) is 12.6 Å². The van der Waals surface area contributed by atoms with Crippen molar-refractivity contribution >= 4 is 40.8 Å². The molecule has 0 saturated heterocycles. The monoisotopic (exact) mass is 413 g/mol. The quantitative estimate of drug-likeness (QED) is 0.340. The Morgan fingerprint density at radius 3 is 2.21 bits per heavy atom. The number of carbonyl (C=O) groups is 1. The first-order valence-electron chi connectivity index (χ1n) is 8.37. The molecule has 0 saturated carbocycles. The van der Waals surface area contributed by atoms with Crippen LogP contribution in [0, 0.1) is 0 Å². The summed E-state index contributed by atoms with van der Waals surface area (Å²) in [6.07, 6.45) is 1.74. The topological polar surface area (TPSA) is 131 Å². The van der Waals surface area contributed by atoms with Gasteiger partial charge in [0.2, 0.25) is 0 Å². The number of fused-ring (bicyclic) bond motifs is 1. The minimum absolute atomic E-state index is 0. The predicted molar refractivity (Wildman–Crippen MR) is 126 cm³/mol. The Bertz CT molecular complexity index is 1050. The number of carbonyl (C=O) groups excluding carboxylic acids is 1. The molecule has 154 valence electrons. The highest BCUT2D eigenvalue weighted by Crippen LogP contribution is 2.16. The molecule has 3 aromatic carbocycles. The molecule has 1 amide bonds. The molecule has 7 heteroatoms. The number of nitrogens with two attached hydrogens (primary N) is 1. The normalized spacial score (nSPS) is 9.28. The number of hydrogen-bond acceptors (Lipinski definition) is 4. The number of nitrogen functional groups attached to an aromatic ring is 1. The molecular weight excluding hydrogens is 386 g/mol. The number of thiol groups is 1. The summed E-state index contributed by atoms with van der Waals surface area (Å²) in [4.78, 5) is 17.3. The van der Waals surface area contributed by atoms with E-state index in [9.17, 15) is 4.79 Å². The van der Waals surface area contributed by atoms with Gasteiger partial charge in [-0.1, -0.05) is 24.3 Å². The maximum Gasteiger partial charge on any atom is 0.255 e. The number of amides is 1. The van der Waals surface area contributed by atoms with Gasteiger partial charge in [-0.25, -0.2) is 0 Å². The van der Waals surface area contributed by atoms with Gasteiger partial charge < -0.3 is 22.0 Å². The average molecular weight is 414 g/mol. The van der Waals surface area contributed by atoms with Crippen LogP contribution in [0.2, 0.25) is 0 Å². The molecule has 0 aliphatic carbocycles. The highest BCUT2D eigenvalue weighted by molar-refractivity contribution is 7.80. The van der Waals surface area contributed by atoms with E-state index in [1.807, 2.05) is 78.9 Å². The Kier molecular flexibility index (Phi) is 9.34. The van der Waals surface area contributed by atoms with Crippen LogP contribution >= 0.6 is 12.6 Å². The number of para-hydroxylation sites is 1. The second kappa shape index (κ2) is 11.5. The molecule has 0 unspecified atom stereocenters. The van der Waals surface area contributed by atoms with E-state index in [1.165, 1.54) is 0 Å². The van der Waals surface area contributed by atoms with Crippen molar-refractivity contribution < 1.29 is 18.6 Å². The van der Waals surface area contributed by atoms with Crippen LogP contribution in [0.25, 0.3) is 10.9 Å². The van der Waals surface area contributed by atoms with Gasteiger partial charge in [0.15, 0.2) is 0 Å². The summed E-state index contributed by atoms with van der Waals surface area (Å²) < 4.78 is 0. The third-order valence-corrected chi connectivity index (χ3v) is 4.09. The lowest BCUT2D eigenvalue weighted by molar-refractivity contribution is 0.102. The number of rotatable bonds is 2. The van der Waals surface area contributed by atoms with Crippen molar-refractivity contribution in [1.29, 1.82) is 0 Å². The van der Waals surface area contributed by atoms with Crippen molar-refractivity contribution in [1.82, 2.24) is 4.98 Å². The summed E-state index contributed by atoms with van der Waals surface area (Å²) in [6.45, 7) is 0. The van der Waals surface area contributed by atoms with Gasteiger partial charge in [0.1, 0.15) is 0 Å². The minimum atomic E-state index is -0.136. The molecular formula is C22H27N3O3S. The summed E-state index contributed by atoms with van der Waals surface area (Å²) in [6, 6.07) is 26.1. The Morgan fingerprint density at radius 2 is 1.59 bits per heavy atom.